The van der Waals surface area contributed by atoms with Crippen molar-refractivity contribution in [3.05, 3.63) is 0 Å². The Bertz CT molecular complexity index is 162. The van der Waals surface area contributed by atoms with Gasteiger partial charge in [0.2, 0.25) is 0 Å². The first kappa shape index (κ1) is 11.0. The molecule has 0 spiro atoms. The SMILES string of the molecule is CCC(C)(O)C1(CN)CCOCC1. The van der Waals surface area contributed by atoms with Gasteiger partial charge >= 0.3 is 0 Å². The van der Waals surface area contributed by atoms with Crippen LogP contribution in [-0.2, 0) is 4.74 Å². The molecular formula is C10H21NO2. The first-order valence-corrected chi connectivity index (χ1v) is 5.08. The summed E-state index contributed by atoms with van der Waals surface area (Å²) >= 11 is 0. The molecule has 1 atom stereocenters. The number of rotatable bonds is 3. The molecule has 0 aromatic heterocycles. The molecule has 3 heteroatoms. The molecule has 3 nitrogen and oxygen atoms in total. The van der Waals surface area contributed by atoms with Crippen molar-refractivity contribution in [1.29, 1.82) is 0 Å². The van der Waals surface area contributed by atoms with Crippen LogP contribution in [0, 0.1) is 5.41 Å². The van der Waals surface area contributed by atoms with E-state index in [1.165, 1.54) is 0 Å². The molecule has 13 heavy (non-hydrogen) atoms. The minimum atomic E-state index is -0.647. The second-order valence-electron chi connectivity index (χ2n) is 4.22. The van der Waals surface area contributed by atoms with Crippen LogP contribution in [0.4, 0.5) is 0 Å². The Hall–Kier alpha value is -0.120. The van der Waals surface area contributed by atoms with Gasteiger partial charge in [0.05, 0.1) is 5.60 Å². The molecular weight excluding hydrogens is 166 g/mol. The van der Waals surface area contributed by atoms with Crippen LogP contribution in [0.5, 0.6) is 0 Å². The van der Waals surface area contributed by atoms with E-state index in [0.717, 1.165) is 32.5 Å². The summed E-state index contributed by atoms with van der Waals surface area (Å²) in [6.07, 6.45) is 2.51. The smallest absolute Gasteiger partial charge is 0.0686 e. The molecule has 78 valence electrons. The quantitative estimate of drug-likeness (QED) is 0.690. The van der Waals surface area contributed by atoms with Crippen molar-refractivity contribution in [2.45, 2.75) is 38.7 Å². The van der Waals surface area contributed by atoms with E-state index in [1.807, 2.05) is 13.8 Å². The average molecular weight is 187 g/mol. The first-order valence-electron chi connectivity index (χ1n) is 5.08. The molecule has 0 aromatic carbocycles. The van der Waals surface area contributed by atoms with Gasteiger partial charge < -0.3 is 15.6 Å². The third-order valence-electron chi connectivity index (χ3n) is 3.67. The topological polar surface area (TPSA) is 55.5 Å². The van der Waals surface area contributed by atoms with Crippen LogP contribution in [-0.4, -0.2) is 30.5 Å². The Morgan fingerprint density at radius 2 is 2.00 bits per heavy atom. The Kier molecular flexibility index (Phi) is 3.33. The van der Waals surface area contributed by atoms with E-state index < -0.39 is 5.60 Å². The fraction of sp³-hybridized carbons (Fsp3) is 1.00. The van der Waals surface area contributed by atoms with Gasteiger partial charge in [0, 0.05) is 25.2 Å². The lowest BCUT2D eigenvalue weighted by atomic mass is 9.66. The molecule has 0 aromatic rings. The van der Waals surface area contributed by atoms with Crippen LogP contribution in [0.15, 0.2) is 0 Å². The highest BCUT2D eigenvalue weighted by atomic mass is 16.5. The summed E-state index contributed by atoms with van der Waals surface area (Å²) in [5.41, 5.74) is 5.01. The number of hydrogen-bond donors (Lipinski definition) is 2. The van der Waals surface area contributed by atoms with Crippen LogP contribution < -0.4 is 5.73 Å². The van der Waals surface area contributed by atoms with Gasteiger partial charge in [-0.1, -0.05) is 6.92 Å². The standard InChI is InChI=1S/C10H21NO2/c1-3-9(2,12)10(8-11)4-6-13-7-5-10/h12H,3-8,11H2,1-2H3. The fourth-order valence-corrected chi connectivity index (χ4v) is 2.10. The highest BCUT2D eigenvalue weighted by molar-refractivity contribution is 4.97. The molecule has 1 aliphatic heterocycles. The number of aliphatic hydroxyl groups is 1. The number of hydrogen-bond acceptors (Lipinski definition) is 3. The summed E-state index contributed by atoms with van der Waals surface area (Å²) in [6.45, 7) is 5.91. The summed E-state index contributed by atoms with van der Waals surface area (Å²) in [7, 11) is 0. The molecule has 0 radical (unpaired) electrons. The average Bonchev–Trinajstić information content (AvgIpc) is 2.18. The summed E-state index contributed by atoms with van der Waals surface area (Å²) in [5, 5.41) is 10.3. The molecule has 0 bridgehead atoms. The van der Waals surface area contributed by atoms with Crippen molar-refractivity contribution in [2.24, 2.45) is 11.1 Å². The lowest BCUT2D eigenvalue weighted by Gasteiger charge is -2.46. The van der Waals surface area contributed by atoms with Crippen LogP contribution in [0.25, 0.3) is 0 Å². The zero-order chi connectivity index (χ0) is 9.95. The van der Waals surface area contributed by atoms with Gasteiger partial charge in [-0.15, -0.1) is 0 Å². The normalized spacial score (nSPS) is 26.8. The maximum atomic E-state index is 10.3. The van der Waals surface area contributed by atoms with Crippen molar-refractivity contribution >= 4 is 0 Å². The molecule has 3 N–H and O–H groups in total. The second-order valence-corrected chi connectivity index (χ2v) is 4.22. The third kappa shape index (κ3) is 1.87. The zero-order valence-corrected chi connectivity index (χ0v) is 8.68. The minimum absolute atomic E-state index is 0.125. The monoisotopic (exact) mass is 187 g/mol. The molecule has 1 fully saturated rings. The Labute approximate surface area is 80.3 Å². The summed E-state index contributed by atoms with van der Waals surface area (Å²) in [5.74, 6) is 0. The maximum Gasteiger partial charge on any atom is 0.0686 e. The predicted molar refractivity (Wildman–Crippen MR) is 52.5 cm³/mol. The third-order valence-corrected chi connectivity index (χ3v) is 3.67. The Morgan fingerprint density at radius 3 is 2.38 bits per heavy atom. The summed E-state index contributed by atoms with van der Waals surface area (Å²) < 4.78 is 5.30. The van der Waals surface area contributed by atoms with E-state index in [-0.39, 0.29) is 5.41 Å². The largest absolute Gasteiger partial charge is 0.390 e. The van der Waals surface area contributed by atoms with Gasteiger partial charge in [-0.2, -0.15) is 0 Å². The first-order chi connectivity index (χ1) is 6.08. The van der Waals surface area contributed by atoms with Gasteiger partial charge in [0.15, 0.2) is 0 Å². The zero-order valence-electron chi connectivity index (χ0n) is 8.68. The lowest BCUT2D eigenvalue weighted by Crippen LogP contribution is -2.53. The van der Waals surface area contributed by atoms with Crippen molar-refractivity contribution in [1.82, 2.24) is 0 Å². The molecule has 1 saturated heterocycles. The van der Waals surface area contributed by atoms with Gasteiger partial charge in [-0.05, 0) is 26.2 Å². The molecule has 0 aliphatic carbocycles. The van der Waals surface area contributed by atoms with E-state index in [0.29, 0.717) is 6.54 Å². The second kappa shape index (κ2) is 3.95. The number of nitrogens with two attached hydrogens (primary N) is 1. The minimum Gasteiger partial charge on any atom is -0.390 e. The van der Waals surface area contributed by atoms with E-state index in [4.69, 9.17) is 10.5 Å². The fourth-order valence-electron chi connectivity index (χ4n) is 2.10. The van der Waals surface area contributed by atoms with Crippen LogP contribution in [0.1, 0.15) is 33.1 Å². The van der Waals surface area contributed by atoms with E-state index in [1.54, 1.807) is 0 Å². The molecule has 1 unspecified atom stereocenters. The van der Waals surface area contributed by atoms with Crippen molar-refractivity contribution in [3.8, 4) is 0 Å². The number of ether oxygens (including phenoxy) is 1. The van der Waals surface area contributed by atoms with Crippen molar-refractivity contribution < 1.29 is 9.84 Å². The van der Waals surface area contributed by atoms with Gasteiger partial charge in [-0.25, -0.2) is 0 Å². The lowest BCUT2D eigenvalue weighted by molar-refractivity contribution is -0.119. The summed E-state index contributed by atoms with van der Waals surface area (Å²) in [6, 6.07) is 0. The molecule has 1 rings (SSSR count). The summed E-state index contributed by atoms with van der Waals surface area (Å²) in [4.78, 5) is 0. The predicted octanol–water partition coefficient (Wildman–Crippen LogP) is 0.903. The Morgan fingerprint density at radius 1 is 1.46 bits per heavy atom. The Balaban J connectivity index is 2.78. The van der Waals surface area contributed by atoms with E-state index in [9.17, 15) is 5.11 Å². The van der Waals surface area contributed by atoms with Crippen molar-refractivity contribution in [2.75, 3.05) is 19.8 Å². The molecule has 1 heterocycles. The van der Waals surface area contributed by atoms with Gasteiger partial charge in [-0.3, -0.25) is 0 Å². The molecule has 1 aliphatic rings. The van der Waals surface area contributed by atoms with Crippen LogP contribution in [0.2, 0.25) is 0 Å². The van der Waals surface area contributed by atoms with Gasteiger partial charge in [0.1, 0.15) is 0 Å². The van der Waals surface area contributed by atoms with Gasteiger partial charge in [0.25, 0.3) is 0 Å². The van der Waals surface area contributed by atoms with E-state index in [2.05, 4.69) is 0 Å². The highest BCUT2D eigenvalue weighted by Gasteiger charge is 2.45. The van der Waals surface area contributed by atoms with Crippen LogP contribution >= 0.6 is 0 Å². The van der Waals surface area contributed by atoms with E-state index >= 15 is 0 Å². The van der Waals surface area contributed by atoms with Crippen molar-refractivity contribution in [3.63, 3.8) is 0 Å². The molecule has 0 saturated carbocycles. The van der Waals surface area contributed by atoms with Crippen LogP contribution in [0.3, 0.4) is 0 Å². The highest BCUT2D eigenvalue weighted by Crippen LogP contribution is 2.41. The maximum absolute atomic E-state index is 10.3. The molecule has 0 amide bonds.